The fourth-order valence-corrected chi connectivity index (χ4v) is 2.05. The molecule has 0 unspecified atom stereocenters. The summed E-state index contributed by atoms with van der Waals surface area (Å²) in [6.45, 7) is 3.67. The van der Waals surface area contributed by atoms with Gasteiger partial charge in [0.15, 0.2) is 0 Å². The lowest BCUT2D eigenvalue weighted by Gasteiger charge is -2.20. The van der Waals surface area contributed by atoms with E-state index in [2.05, 4.69) is 0 Å². The molecule has 1 rings (SSSR count). The maximum absolute atomic E-state index is 12.3. The topological polar surface area (TPSA) is 29.5 Å². The van der Waals surface area contributed by atoms with Gasteiger partial charge in [0.25, 0.3) is 5.91 Å². The Morgan fingerprint density at radius 3 is 2.53 bits per heavy atom. The fourth-order valence-electron chi connectivity index (χ4n) is 1.64. The van der Waals surface area contributed by atoms with Crippen molar-refractivity contribution in [1.82, 2.24) is 4.90 Å². The van der Waals surface area contributed by atoms with E-state index in [-0.39, 0.29) is 5.91 Å². The van der Waals surface area contributed by atoms with Crippen LogP contribution in [0.3, 0.4) is 0 Å². The van der Waals surface area contributed by atoms with Gasteiger partial charge in [-0.2, -0.15) is 0 Å². The Morgan fingerprint density at radius 2 is 1.95 bits per heavy atom. The second-order valence-corrected chi connectivity index (χ2v) is 4.80. The van der Waals surface area contributed by atoms with Crippen LogP contribution in [0.2, 0.25) is 0 Å². The van der Waals surface area contributed by atoms with E-state index >= 15 is 0 Å². The summed E-state index contributed by atoms with van der Waals surface area (Å²) >= 11 is 11.4. The summed E-state index contributed by atoms with van der Waals surface area (Å²) in [5.74, 6) is 1.44. The molecular formula is C14H19Cl2NO2. The van der Waals surface area contributed by atoms with Gasteiger partial charge in [0.2, 0.25) is 0 Å². The molecule has 19 heavy (non-hydrogen) atoms. The predicted octanol–water partition coefficient (Wildman–Crippen LogP) is 3.40. The number of hydrogen-bond acceptors (Lipinski definition) is 2. The highest BCUT2D eigenvalue weighted by atomic mass is 35.5. The molecule has 0 radical (unpaired) electrons. The molecule has 5 heteroatoms. The van der Waals surface area contributed by atoms with Crippen LogP contribution in [0.15, 0.2) is 24.3 Å². The normalized spacial score (nSPS) is 10.3. The Balaban J connectivity index is 2.78. The van der Waals surface area contributed by atoms with E-state index in [1.54, 1.807) is 17.0 Å². The summed E-state index contributed by atoms with van der Waals surface area (Å²) in [6.07, 6.45) is 0.933. The molecule has 1 aromatic rings. The van der Waals surface area contributed by atoms with Crippen LogP contribution in [0.5, 0.6) is 5.75 Å². The van der Waals surface area contributed by atoms with Crippen molar-refractivity contribution >= 4 is 29.1 Å². The first-order valence-electron chi connectivity index (χ1n) is 6.37. The van der Waals surface area contributed by atoms with Crippen LogP contribution in [-0.4, -0.2) is 42.3 Å². The van der Waals surface area contributed by atoms with Crippen LogP contribution in [0, 0.1) is 0 Å². The molecule has 0 N–H and O–H groups in total. The molecule has 0 aliphatic heterocycles. The van der Waals surface area contributed by atoms with Crippen molar-refractivity contribution in [3.8, 4) is 5.75 Å². The Bertz CT molecular complexity index is 393. The molecule has 1 aromatic carbocycles. The van der Waals surface area contributed by atoms with E-state index in [0.29, 0.717) is 42.8 Å². The van der Waals surface area contributed by atoms with Crippen LogP contribution >= 0.6 is 23.2 Å². The molecule has 0 spiro atoms. The van der Waals surface area contributed by atoms with E-state index < -0.39 is 0 Å². The number of halogens is 2. The SMILES string of the molecule is CCCOc1cccc(C(=O)N(CCCl)CCCl)c1. The molecule has 3 nitrogen and oxygen atoms in total. The summed E-state index contributed by atoms with van der Waals surface area (Å²) in [7, 11) is 0. The highest BCUT2D eigenvalue weighted by molar-refractivity contribution is 6.18. The summed E-state index contributed by atoms with van der Waals surface area (Å²) in [4.78, 5) is 14.0. The van der Waals surface area contributed by atoms with Gasteiger partial charge in [-0.15, -0.1) is 23.2 Å². The van der Waals surface area contributed by atoms with Crippen molar-refractivity contribution in [2.24, 2.45) is 0 Å². The number of hydrogen-bond donors (Lipinski definition) is 0. The number of rotatable bonds is 8. The second-order valence-electron chi connectivity index (χ2n) is 4.05. The third-order valence-corrected chi connectivity index (χ3v) is 2.89. The minimum Gasteiger partial charge on any atom is -0.494 e. The lowest BCUT2D eigenvalue weighted by molar-refractivity contribution is 0.0774. The van der Waals surface area contributed by atoms with E-state index in [1.165, 1.54) is 0 Å². The van der Waals surface area contributed by atoms with Gasteiger partial charge in [0, 0.05) is 30.4 Å². The molecule has 0 aliphatic carbocycles. The highest BCUT2D eigenvalue weighted by Crippen LogP contribution is 2.15. The maximum Gasteiger partial charge on any atom is 0.254 e. The summed E-state index contributed by atoms with van der Waals surface area (Å²) in [5.41, 5.74) is 0.601. The van der Waals surface area contributed by atoms with E-state index in [1.807, 2.05) is 19.1 Å². The molecule has 0 fully saturated rings. The van der Waals surface area contributed by atoms with E-state index in [0.717, 1.165) is 6.42 Å². The standard InChI is InChI=1S/C14H19Cl2NO2/c1-2-10-19-13-5-3-4-12(11-13)14(18)17(8-6-15)9-7-16/h3-5,11H,2,6-10H2,1H3. The Kier molecular flexibility index (Phi) is 7.68. The summed E-state index contributed by atoms with van der Waals surface area (Å²) in [6, 6.07) is 7.20. The van der Waals surface area contributed by atoms with Gasteiger partial charge in [-0.3, -0.25) is 4.79 Å². The van der Waals surface area contributed by atoms with E-state index in [4.69, 9.17) is 27.9 Å². The molecule has 0 atom stereocenters. The second kappa shape index (κ2) is 9.05. The summed E-state index contributed by atoms with van der Waals surface area (Å²) < 4.78 is 5.52. The van der Waals surface area contributed by atoms with Gasteiger partial charge in [-0.25, -0.2) is 0 Å². The van der Waals surface area contributed by atoms with Crippen molar-refractivity contribution in [3.05, 3.63) is 29.8 Å². The van der Waals surface area contributed by atoms with Gasteiger partial charge in [-0.05, 0) is 24.6 Å². The van der Waals surface area contributed by atoms with Gasteiger partial charge >= 0.3 is 0 Å². The first-order chi connectivity index (χ1) is 9.22. The van der Waals surface area contributed by atoms with Crippen molar-refractivity contribution in [3.63, 3.8) is 0 Å². The van der Waals surface area contributed by atoms with Crippen LogP contribution in [0.25, 0.3) is 0 Å². The van der Waals surface area contributed by atoms with Crippen LogP contribution < -0.4 is 4.74 Å². The monoisotopic (exact) mass is 303 g/mol. The van der Waals surface area contributed by atoms with Crippen LogP contribution in [-0.2, 0) is 0 Å². The zero-order valence-electron chi connectivity index (χ0n) is 11.1. The Hall–Kier alpha value is -0.930. The maximum atomic E-state index is 12.3. The predicted molar refractivity (Wildman–Crippen MR) is 79.6 cm³/mol. The molecule has 0 saturated carbocycles. The third-order valence-electron chi connectivity index (χ3n) is 2.55. The minimum atomic E-state index is -0.0664. The smallest absolute Gasteiger partial charge is 0.254 e. The summed E-state index contributed by atoms with van der Waals surface area (Å²) in [5, 5.41) is 0. The van der Waals surface area contributed by atoms with Gasteiger partial charge < -0.3 is 9.64 Å². The number of amides is 1. The number of alkyl halides is 2. The zero-order chi connectivity index (χ0) is 14.1. The van der Waals surface area contributed by atoms with Gasteiger partial charge in [-0.1, -0.05) is 13.0 Å². The average Bonchev–Trinajstić information content (AvgIpc) is 2.44. The molecular weight excluding hydrogens is 285 g/mol. The molecule has 0 aliphatic rings. The number of carbonyl (C=O) groups excluding carboxylic acids is 1. The number of ether oxygens (including phenoxy) is 1. The Labute approximate surface area is 124 Å². The first kappa shape index (κ1) is 16.1. The molecule has 0 heterocycles. The lowest BCUT2D eigenvalue weighted by Crippen LogP contribution is -2.34. The first-order valence-corrected chi connectivity index (χ1v) is 7.44. The number of benzene rings is 1. The van der Waals surface area contributed by atoms with Crippen LogP contribution in [0.4, 0.5) is 0 Å². The minimum absolute atomic E-state index is 0.0664. The fraction of sp³-hybridized carbons (Fsp3) is 0.500. The number of nitrogens with zero attached hydrogens (tertiary/aromatic N) is 1. The third kappa shape index (κ3) is 5.29. The lowest BCUT2D eigenvalue weighted by atomic mass is 10.2. The highest BCUT2D eigenvalue weighted by Gasteiger charge is 2.15. The van der Waals surface area contributed by atoms with Crippen molar-refractivity contribution in [2.75, 3.05) is 31.5 Å². The molecule has 0 bridgehead atoms. The van der Waals surface area contributed by atoms with Gasteiger partial charge in [0.05, 0.1) is 6.61 Å². The van der Waals surface area contributed by atoms with Gasteiger partial charge in [0.1, 0.15) is 5.75 Å². The Morgan fingerprint density at radius 1 is 1.26 bits per heavy atom. The van der Waals surface area contributed by atoms with E-state index in [9.17, 15) is 4.79 Å². The van der Waals surface area contributed by atoms with Crippen molar-refractivity contribution < 1.29 is 9.53 Å². The number of carbonyl (C=O) groups is 1. The molecule has 106 valence electrons. The molecule has 1 amide bonds. The average molecular weight is 304 g/mol. The van der Waals surface area contributed by atoms with Crippen LogP contribution in [0.1, 0.15) is 23.7 Å². The molecule has 0 saturated heterocycles. The van der Waals surface area contributed by atoms with Crippen molar-refractivity contribution in [1.29, 1.82) is 0 Å². The molecule has 0 aromatic heterocycles. The zero-order valence-corrected chi connectivity index (χ0v) is 12.6. The van der Waals surface area contributed by atoms with Crippen molar-refractivity contribution in [2.45, 2.75) is 13.3 Å². The quantitative estimate of drug-likeness (QED) is 0.689. The largest absolute Gasteiger partial charge is 0.494 e.